The molecular weight excluding hydrogens is 271 g/mol. The summed E-state index contributed by atoms with van der Waals surface area (Å²) in [5.41, 5.74) is 6.56. The minimum Gasteiger partial charge on any atom is -0.466 e. The Labute approximate surface area is 122 Å². The summed E-state index contributed by atoms with van der Waals surface area (Å²) < 4.78 is 18.6. The Bertz CT molecular complexity index is 738. The molecule has 1 amide bonds. The van der Waals surface area contributed by atoms with Crippen LogP contribution in [0.25, 0.3) is 0 Å². The highest BCUT2D eigenvalue weighted by Gasteiger charge is 2.15. The first-order valence-electron chi connectivity index (χ1n) is 6.38. The first-order valence-corrected chi connectivity index (χ1v) is 6.38. The number of hydrogen-bond acceptors (Lipinski definition) is 3. The van der Waals surface area contributed by atoms with Gasteiger partial charge in [-0.3, -0.25) is 4.79 Å². The monoisotopic (exact) mass is 286 g/mol. The summed E-state index contributed by atoms with van der Waals surface area (Å²) >= 11 is 0. The summed E-state index contributed by atoms with van der Waals surface area (Å²) in [7, 11) is 0. The van der Waals surface area contributed by atoms with Crippen molar-refractivity contribution in [2.45, 2.75) is 13.8 Å². The zero-order chi connectivity index (χ0) is 15.4. The molecule has 1 aromatic heterocycles. The van der Waals surface area contributed by atoms with Crippen molar-refractivity contribution in [2.75, 3.05) is 11.9 Å². The standard InChI is InChI=1S/C16H15FN2O2/c1-10-8-14(11(2)21-10)16(20)19-15-6-5-13(17)9-12(15)4-3-7-18/h5-6,8-9H,7,18H2,1-2H3,(H,19,20). The predicted molar refractivity (Wildman–Crippen MR) is 78.5 cm³/mol. The van der Waals surface area contributed by atoms with Crippen LogP contribution >= 0.6 is 0 Å². The number of anilines is 1. The van der Waals surface area contributed by atoms with Gasteiger partial charge in [0.05, 0.1) is 23.4 Å². The molecule has 4 nitrogen and oxygen atoms in total. The molecule has 1 heterocycles. The number of nitrogens with two attached hydrogens (primary N) is 1. The van der Waals surface area contributed by atoms with Gasteiger partial charge < -0.3 is 15.5 Å². The first kappa shape index (κ1) is 14.8. The van der Waals surface area contributed by atoms with Gasteiger partial charge in [0.25, 0.3) is 5.91 Å². The van der Waals surface area contributed by atoms with Crippen LogP contribution in [0.4, 0.5) is 10.1 Å². The Morgan fingerprint density at radius 1 is 1.38 bits per heavy atom. The smallest absolute Gasteiger partial charge is 0.259 e. The van der Waals surface area contributed by atoms with Crippen molar-refractivity contribution in [3.05, 3.63) is 52.7 Å². The summed E-state index contributed by atoms with van der Waals surface area (Å²) in [6.45, 7) is 3.63. The van der Waals surface area contributed by atoms with Crippen LogP contribution < -0.4 is 11.1 Å². The van der Waals surface area contributed by atoms with Crippen molar-refractivity contribution in [1.82, 2.24) is 0 Å². The van der Waals surface area contributed by atoms with E-state index in [1.807, 2.05) is 0 Å². The Balaban J connectivity index is 2.31. The van der Waals surface area contributed by atoms with Crippen molar-refractivity contribution in [3.63, 3.8) is 0 Å². The van der Waals surface area contributed by atoms with Crippen LogP contribution in [-0.4, -0.2) is 12.5 Å². The number of furan rings is 1. The molecule has 0 spiro atoms. The Morgan fingerprint density at radius 3 is 2.76 bits per heavy atom. The fraction of sp³-hybridized carbons (Fsp3) is 0.188. The average molecular weight is 286 g/mol. The molecule has 3 N–H and O–H groups in total. The topological polar surface area (TPSA) is 68.3 Å². The van der Waals surface area contributed by atoms with Crippen LogP contribution in [0.15, 0.2) is 28.7 Å². The number of nitrogens with one attached hydrogen (secondary N) is 1. The number of halogens is 1. The number of rotatable bonds is 2. The molecule has 0 atom stereocenters. The van der Waals surface area contributed by atoms with Crippen LogP contribution in [-0.2, 0) is 0 Å². The van der Waals surface area contributed by atoms with Gasteiger partial charge in [-0.2, -0.15) is 0 Å². The molecule has 0 radical (unpaired) electrons. The van der Waals surface area contributed by atoms with Crippen LogP contribution in [0, 0.1) is 31.5 Å². The first-order chi connectivity index (χ1) is 10.0. The van der Waals surface area contributed by atoms with E-state index in [1.165, 1.54) is 18.2 Å². The Hall–Kier alpha value is -2.58. The minimum atomic E-state index is -0.426. The second-order valence-corrected chi connectivity index (χ2v) is 4.48. The highest BCUT2D eigenvalue weighted by molar-refractivity contribution is 6.05. The molecule has 5 heteroatoms. The molecule has 21 heavy (non-hydrogen) atoms. The van der Waals surface area contributed by atoms with E-state index in [0.717, 1.165) is 0 Å². The number of benzene rings is 1. The average Bonchev–Trinajstić information content (AvgIpc) is 2.78. The summed E-state index contributed by atoms with van der Waals surface area (Å²) in [5, 5.41) is 2.71. The zero-order valence-corrected chi connectivity index (χ0v) is 11.8. The number of hydrogen-bond donors (Lipinski definition) is 2. The molecule has 0 fully saturated rings. The molecule has 0 unspecified atom stereocenters. The maximum absolute atomic E-state index is 13.3. The van der Waals surface area contributed by atoms with Gasteiger partial charge in [0, 0.05) is 0 Å². The largest absolute Gasteiger partial charge is 0.466 e. The van der Waals surface area contributed by atoms with E-state index < -0.39 is 5.82 Å². The van der Waals surface area contributed by atoms with Crippen LogP contribution in [0.1, 0.15) is 27.4 Å². The fourth-order valence-corrected chi connectivity index (χ4v) is 1.92. The van der Waals surface area contributed by atoms with Gasteiger partial charge in [0.1, 0.15) is 17.3 Å². The van der Waals surface area contributed by atoms with E-state index in [-0.39, 0.29) is 12.5 Å². The lowest BCUT2D eigenvalue weighted by atomic mass is 10.1. The van der Waals surface area contributed by atoms with E-state index in [2.05, 4.69) is 17.2 Å². The van der Waals surface area contributed by atoms with Crippen molar-refractivity contribution in [1.29, 1.82) is 0 Å². The molecule has 2 aromatic rings. The molecule has 0 aliphatic rings. The second-order valence-electron chi connectivity index (χ2n) is 4.48. The van der Waals surface area contributed by atoms with Crippen LogP contribution in [0.5, 0.6) is 0 Å². The normalized spacial score (nSPS) is 9.90. The van der Waals surface area contributed by atoms with E-state index in [4.69, 9.17) is 10.2 Å². The SMILES string of the molecule is Cc1cc(C(=O)Nc2ccc(F)cc2C#CCN)c(C)o1. The van der Waals surface area contributed by atoms with Gasteiger partial charge in [-0.05, 0) is 38.1 Å². The van der Waals surface area contributed by atoms with Gasteiger partial charge in [-0.15, -0.1) is 0 Å². The van der Waals surface area contributed by atoms with E-state index in [0.29, 0.717) is 28.3 Å². The fourth-order valence-electron chi connectivity index (χ4n) is 1.92. The van der Waals surface area contributed by atoms with Crippen molar-refractivity contribution in [2.24, 2.45) is 5.73 Å². The molecular formula is C16H15FN2O2. The number of aryl methyl sites for hydroxylation is 2. The quantitative estimate of drug-likeness (QED) is 0.834. The van der Waals surface area contributed by atoms with Gasteiger partial charge in [0.15, 0.2) is 0 Å². The molecule has 0 saturated heterocycles. The third-order valence-electron chi connectivity index (χ3n) is 2.84. The summed E-state index contributed by atoms with van der Waals surface area (Å²) in [6, 6.07) is 5.64. The lowest BCUT2D eigenvalue weighted by Crippen LogP contribution is -2.13. The van der Waals surface area contributed by atoms with Gasteiger partial charge >= 0.3 is 0 Å². The second kappa shape index (κ2) is 6.25. The Morgan fingerprint density at radius 2 is 2.14 bits per heavy atom. The third kappa shape index (κ3) is 3.50. The van der Waals surface area contributed by atoms with Crippen molar-refractivity contribution >= 4 is 11.6 Å². The highest BCUT2D eigenvalue weighted by atomic mass is 19.1. The zero-order valence-electron chi connectivity index (χ0n) is 11.8. The minimum absolute atomic E-state index is 0.157. The van der Waals surface area contributed by atoms with E-state index in [9.17, 15) is 9.18 Å². The molecule has 0 saturated carbocycles. The molecule has 0 bridgehead atoms. The lowest BCUT2D eigenvalue weighted by Gasteiger charge is -2.07. The molecule has 0 aliphatic heterocycles. The molecule has 1 aromatic carbocycles. The molecule has 0 aliphatic carbocycles. The van der Waals surface area contributed by atoms with Crippen molar-refractivity contribution in [3.8, 4) is 11.8 Å². The van der Waals surface area contributed by atoms with Crippen molar-refractivity contribution < 1.29 is 13.6 Å². The lowest BCUT2D eigenvalue weighted by molar-refractivity contribution is 0.102. The maximum atomic E-state index is 13.3. The summed E-state index contributed by atoms with van der Waals surface area (Å²) in [4.78, 5) is 12.2. The van der Waals surface area contributed by atoms with Gasteiger partial charge in [0.2, 0.25) is 0 Å². The summed E-state index contributed by atoms with van der Waals surface area (Å²) in [6.07, 6.45) is 0. The maximum Gasteiger partial charge on any atom is 0.259 e. The number of carbonyl (C=O) groups is 1. The molecule has 108 valence electrons. The number of carbonyl (C=O) groups excluding carboxylic acids is 1. The molecule has 2 rings (SSSR count). The predicted octanol–water partition coefficient (Wildman–Crippen LogP) is 2.60. The summed E-state index contributed by atoms with van der Waals surface area (Å²) in [5.74, 6) is 5.81. The van der Waals surface area contributed by atoms with Crippen LogP contribution in [0.3, 0.4) is 0 Å². The third-order valence-corrected chi connectivity index (χ3v) is 2.84. The Kier molecular flexibility index (Phi) is 4.41. The van der Waals surface area contributed by atoms with Crippen LogP contribution in [0.2, 0.25) is 0 Å². The highest BCUT2D eigenvalue weighted by Crippen LogP contribution is 2.19. The van der Waals surface area contributed by atoms with E-state index >= 15 is 0 Å². The van der Waals surface area contributed by atoms with Gasteiger partial charge in [-0.1, -0.05) is 11.8 Å². The van der Waals surface area contributed by atoms with E-state index in [1.54, 1.807) is 19.9 Å². The van der Waals surface area contributed by atoms with Gasteiger partial charge in [-0.25, -0.2) is 4.39 Å². The number of amides is 1.